The molecule has 0 aliphatic carbocycles. The molecular formula is C22H21ClN2O3S. The fraction of sp³-hybridized carbons (Fsp3) is 0.182. The lowest BCUT2D eigenvalue weighted by Gasteiger charge is -2.22. The van der Waals surface area contributed by atoms with E-state index in [-0.39, 0.29) is 23.8 Å². The lowest BCUT2D eigenvalue weighted by atomic mass is 10.1. The zero-order valence-electron chi connectivity index (χ0n) is 15.7. The van der Waals surface area contributed by atoms with Gasteiger partial charge in [0, 0.05) is 16.4 Å². The van der Waals surface area contributed by atoms with E-state index < -0.39 is 5.91 Å². The predicted octanol–water partition coefficient (Wildman–Crippen LogP) is 4.15. The molecule has 0 aliphatic rings. The summed E-state index contributed by atoms with van der Waals surface area (Å²) in [6, 6.07) is 18.5. The molecule has 0 fully saturated rings. The van der Waals surface area contributed by atoms with E-state index in [4.69, 9.17) is 22.1 Å². The van der Waals surface area contributed by atoms with Gasteiger partial charge in [0.1, 0.15) is 5.75 Å². The van der Waals surface area contributed by atoms with E-state index in [2.05, 4.69) is 0 Å². The van der Waals surface area contributed by atoms with E-state index in [1.807, 2.05) is 47.8 Å². The van der Waals surface area contributed by atoms with Gasteiger partial charge in [-0.25, -0.2) is 0 Å². The Morgan fingerprint density at radius 3 is 2.55 bits per heavy atom. The fourth-order valence-electron chi connectivity index (χ4n) is 2.84. The average Bonchev–Trinajstić information content (AvgIpc) is 3.23. The van der Waals surface area contributed by atoms with Crippen molar-refractivity contribution in [1.82, 2.24) is 4.90 Å². The minimum absolute atomic E-state index is 0.152. The number of nitrogens with zero attached hydrogens (tertiary/aromatic N) is 1. The number of hydrogen-bond donors (Lipinski definition) is 1. The number of amides is 2. The van der Waals surface area contributed by atoms with Crippen LogP contribution in [-0.4, -0.2) is 29.9 Å². The second-order valence-electron chi connectivity index (χ2n) is 6.42. The second kappa shape index (κ2) is 10.1. The van der Waals surface area contributed by atoms with Crippen molar-refractivity contribution in [3.05, 3.63) is 87.1 Å². The smallest absolute Gasteiger partial charge is 0.260 e. The van der Waals surface area contributed by atoms with Crippen LogP contribution in [0.5, 0.6) is 5.75 Å². The maximum Gasteiger partial charge on any atom is 0.260 e. The second-order valence-corrected chi connectivity index (χ2v) is 7.89. The molecule has 150 valence electrons. The molecule has 5 nitrogen and oxygen atoms in total. The number of halogens is 1. The van der Waals surface area contributed by atoms with Crippen LogP contribution >= 0.6 is 22.9 Å². The zero-order chi connectivity index (χ0) is 20.6. The van der Waals surface area contributed by atoms with Gasteiger partial charge in [0.2, 0.25) is 0 Å². The zero-order valence-corrected chi connectivity index (χ0v) is 17.3. The minimum Gasteiger partial charge on any atom is -0.483 e. The molecule has 3 aromatic rings. The van der Waals surface area contributed by atoms with Crippen LogP contribution < -0.4 is 10.5 Å². The molecule has 2 aromatic carbocycles. The van der Waals surface area contributed by atoms with Crippen molar-refractivity contribution in [2.45, 2.75) is 13.0 Å². The molecule has 0 radical (unpaired) electrons. The molecule has 0 saturated carbocycles. The third kappa shape index (κ3) is 6.07. The van der Waals surface area contributed by atoms with Gasteiger partial charge < -0.3 is 15.4 Å². The van der Waals surface area contributed by atoms with Gasteiger partial charge in [-0.3, -0.25) is 9.59 Å². The van der Waals surface area contributed by atoms with Gasteiger partial charge in [-0.2, -0.15) is 0 Å². The molecule has 0 spiro atoms. The monoisotopic (exact) mass is 428 g/mol. The largest absolute Gasteiger partial charge is 0.483 e. The lowest BCUT2D eigenvalue weighted by Crippen LogP contribution is -2.36. The van der Waals surface area contributed by atoms with Crippen LogP contribution in [-0.2, 0) is 17.8 Å². The average molecular weight is 429 g/mol. The first-order valence-corrected chi connectivity index (χ1v) is 10.3. The van der Waals surface area contributed by atoms with Gasteiger partial charge in [-0.15, -0.1) is 11.3 Å². The molecule has 1 heterocycles. The predicted molar refractivity (Wildman–Crippen MR) is 115 cm³/mol. The van der Waals surface area contributed by atoms with Gasteiger partial charge in [0.05, 0.1) is 12.1 Å². The van der Waals surface area contributed by atoms with Crippen LogP contribution in [0, 0.1) is 0 Å². The summed E-state index contributed by atoms with van der Waals surface area (Å²) < 4.78 is 5.62. The molecule has 0 bridgehead atoms. The molecule has 0 aliphatic heterocycles. The molecule has 3 rings (SSSR count). The quantitative estimate of drug-likeness (QED) is 0.556. The van der Waals surface area contributed by atoms with Crippen molar-refractivity contribution in [2.24, 2.45) is 5.73 Å². The Bertz CT molecular complexity index is 961. The van der Waals surface area contributed by atoms with Crippen LogP contribution in [0.2, 0.25) is 5.02 Å². The summed E-state index contributed by atoms with van der Waals surface area (Å²) in [5.74, 6) is -0.580. The first-order chi connectivity index (χ1) is 14.0. The highest BCUT2D eigenvalue weighted by Gasteiger charge is 2.17. The topological polar surface area (TPSA) is 72.6 Å². The highest BCUT2D eigenvalue weighted by molar-refractivity contribution is 7.09. The summed E-state index contributed by atoms with van der Waals surface area (Å²) in [6.45, 7) is 0.880. The van der Waals surface area contributed by atoms with Gasteiger partial charge in [0.25, 0.3) is 11.8 Å². The Morgan fingerprint density at radius 2 is 1.86 bits per heavy atom. The van der Waals surface area contributed by atoms with E-state index in [9.17, 15) is 9.59 Å². The summed E-state index contributed by atoms with van der Waals surface area (Å²) in [7, 11) is 0. The Labute approximate surface area is 178 Å². The van der Waals surface area contributed by atoms with Gasteiger partial charge in [-0.05, 0) is 41.6 Å². The molecule has 7 heteroatoms. The van der Waals surface area contributed by atoms with Crippen LogP contribution in [0.1, 0.15) is 20.8 Å². The Balaban J connectivity index is 1.68. The first kappa shape index (κ1) is 20.9. The number of carbonyl (C=O) groups excluding carboxylic acids is 2. The molecule has 0 saturated heterocycles. The Kier molecular flexibility index (Phi) is 7.27. The number of ether oxygens (including phenoxy) is 1. The van der Waals surface area contributed by atoms with Gasteiger partial charge >= 0.3 is 0 Å². The normalized spacial score (nSPS) is 10.5. The summed E-state index contributed by atoms with van der Waals surface area (Å²) in [5.41, 5.74) is 6.69. The lowest BCUT2D eigenvalue weighted by molar-refractivity contribution is -0.133. The SMILES string of the molecule is NC(=O)c1cc(Cl)ccc1OCC(=O)N(CCc1ccccc1)Cc1cccs1. The molecule has 2 N–H and O–H groups in total. The Morgan fingerprint density at radius 1 is 1.07 bits per heavy atom. The summed E-state index contributed by atoms with van der Waals surface area (Å²) in [6.07, 6.45) is 0.742. The van der Waals surface area contributed by atoms with Crippen LogP contribution in [0.3, 0.4) is 0 Å². The Hall–Kier alpha value is -2.83. The van der Waals surface area contributed by atoms with Gasteiger partial charge in [-0.1, -0.05) is 48.0 Å². The maximum atomic E-state index is 12.9. The molecule has 2 amide bonds. The number of thiophene rings is 1. The highest BCUT2D eigenvalue weighted by Crippen LogP contribution is 2.23. The number of primary amides is 1. The van der Waals surface area contributed by atoms with Crippen molar-refractivity contribution >= 4 is 34.8 Å². The molecular weight excluding hydrogens is 408 g/mol. The number of carbonyl (C=O) groups is 2. The molecule has 29 heavy (non-hydrogen) atoms. The third-order valence-corrected chi connectivity index (χ3v) is 5.45. The first-order valence-electron chi connectivity index (χ1n) is 9.09. The minimum atomic E-state index is -0.658. The van der Waals surface area contributed by atoms with Crippen molar-refractivity contribution in [3.63, 3.8) is 0 Å². The summed E-state index contributed by atoms with van der Waals surface area (Å²) in [4.78, 5) is 27.3. The van der Waals surface area contributed by atoms with Crippen molar-refractivity contribution in [3.8, 4) is 5.75 Å². The fourth-order valence-corrected chi connectivity index (χ4v) is 3.73. The molecule has 1 aromatic heterocycles. The van der Waals surface area contributed by atoms with Crippen LogP contribution in [0.4, 0.5) is 0 Å². The number of rotatable bonds is 9. The molecule has 0 atom stereocenters. The number of nitrogens with two attached hydrogens (primary N) is 1. The maximum absolute atomic E-state index is 12.9. The van der Waals surface area contributed by atoms with Gasteiger partial charge in [0.15, 0.2) is 6.61 Å². The standard InChI is InChI=1S/C22H21ClN2O3S/c23-17-8-9-20(19(13-17)22(24)27)28-15-21(26)25(14-18-7-4-12-29-18)11-10-16-5-2-1-3-6-16/h1-9,12-13H,10-11,14-15H2,(H2,24,27). The van der Waals surface area contributed by atoms with E-state index in [1.165, 1.54) is 6.07 Å². The molecule has 0 unspecified atom stereocenters. The van der Waals surface area contributed by atoms with Crippen LogP contribution in [0.15, 0.2) is 66.0 Å². The third-order valence-electron chi connectivity index (χ3n) is 4.35. The van der Waals surface area contributed by atoms with E-state index in [1.54, 1.807) is 28.4 Å². The van der Waals surface area contributed by atoms with E-state index in [0.717, 1.165) is 16.9 Å². The highest BCUT2D eigenvalue weighted by atomic mass is 35.5. The van der Waals surface area contributed by atoms with E-state index in [0.29, 0.717) is 18.1 Å². The van der Waals surface area contributed by atoms with Crippen molar-refractivity contribution in [1.29, 1.82) is 0 Å². The number of benzene rings is 2. The van der Waals surface area contributed by atoms with Crippen LogP contribution in [0.25, 0.3) is 0 Å². The number of hydrogen-bond acceptors (Lipinski definition) is 4. The summed E-state index contributed by atoms with van der Waals surface area (Å²) in [5, 5.41) is 2.36. The van der Waals surface area contributed by atoms with E-state index >= 15 is 0 Å². The summed E-state index contributed by atoms with van der Waals surface area (Å²) >= 11 is 7.52. The van der Waals surface area contributed by atoms with Crippen molar-refractivity contribution in [2.75, 3.05) is 13.2 Å². The van der Waals surface area contributed by atoms with Crippen molar-refractivity contribution < 1.29 is 14.3 Å².